The number of rotatable bonds is 2. The van der Waals surface area contributed by atoms with Gasteiger partial charge in [0.05, 0.1) is 13.2 Å². The van der Waals surface area contributed by atoms with E-state index >= 15 is 0 Å². The Labute approximate surface area is 125 Å². The Kier molecular flexibility index (Phi) is 3.89. The van der Waals surface area contributed by atoms with E-state index in [0.717, 1.165) is 17.8 Å². The van der Waals surface area contributed by atoms with Crippen molar-refractivity contribution < 1.29 is 18.3 Å². The van der Waals surface area contributed by atoms with Gasteiger partial charge in [-0.05, 0) is 30.7 Å². The maximum atomic E-state index is 13.3. The molecule has 1 aliphatic heterocycles. The van der Waals surface area contributed by atoms with Gasteiger partial charge in [0.1, 0.15) is 11.8 Å². The zero-order chi connectivity index (χ0) is 15.7. The summed E-state index contributed by atoms with van der Waals surface area (Å²) in [7, 11) is 0. The molecule has 1 atom stereocenters. The van der Waals surface area contributed by atoms with Gasteiger partial charge in [-0.2, -0.15) is 5.10 Å². The minimum absolute atomic E-state index is 0.208. The molecule has 1 amide bonds. The SMILES string of the molecule is Cc1cc(C(=O)N2CCO[C@@H](c3ccc(F)c(F)c3)C2)n[nH]1. The number of carbonyl (C=O) groups is 1. The topological polar surface area (TPSA) is 58.2 Å². The number of hydrogen-bond donors (Lipinski definition) is 1. The van der Waals surface area contributed by atoms with Crippen LogP contribution < -0.4 is 0 Å². The van der Waals surface area contributed by atoms with Crippen molar-refractivity contribution in [1.82, 2.24) is 15.1 Å². The Morgan fingerprint density at radius 2 is 2.18 bits per heavy atom. The molecule has 1 aromatic heterocycles. The number of nitrogens with zero attached hydrogens (tertiary/aromatic N) is 2. The molecule has 22 heavy (non-hydrogen) atoms. The highest BCUT2D eigenvalue weighted by Gasteiger charge is 2.27. The molecule has 5 nitrogen and oxygen atoms in total. The van der Waals surface area contributed by atoms with Crippen LogP contribution in [-0.4, -0.2) is 40.7 Å². The molecule has 0 saturated carbocycles. The highest BCUT2D eigenvalue weighted by Crippen LogP contribution is 2.24. The van der Waals surface area contributed by atoms with E-state index in [9.17, 15) is 13.6 Å². The molecule has 7 heteroatoms. The third-order valence-corrected chi connectivity index (χ3v) is 3.59. The number of nitrogens with one attached hydrogen (secondary N) is 1. The minimum atomic E-state index is -0.924. The van der Waals surface area contributed by atoms with E-state index < -0.39 is 17.7 Å². The fourth-order valence-electron chi connectivity index (χ4n) is 2.44. The Bertz CT molecular complexity index is 702. The molecule has 0 unspecified atom stereocenters. The Morgan fingerprint density at radius 3 is 2.86 bits per heavy atom. The van der Waals surface area contributed by atoms with Gasteiger partial charge in [0.15, 0.2) is 11.6 Å². The average Bonchev–Trinajstić information content (AvgIpc) is 2.96. The monoisotopic (exact) mass is 307 g/mol. The number of carbonyl (C=O) groups excluding carboxylic acids is 1. The molecule has 3 rings (SSSR count). The number of benzene rings is 1. The summed E-state index contributed by atoms with van der Waals surface area (Å²) in [5.74, 6) is -2.04. The van der Waals surface area contributed by atoms with Crippen LogP contribution in [0.15, 0.2) is 24.3 Å². The van der Waals surface area contributed by atoms with Crippen LogP contribution in [0.25, 0.3) is 0 Å². The number of amides is 1. The zero-order valence-corrected chi connectivity index (χ0v) is 12.0. The van der Waals surface area contributed by atoms with Crippen LogP contribution in [0, 0.1) is 18.6 Å². The third kappa shape index (κ3) is 2.85. The minimum Gasteiger partial charge on any atom is -0.370 e. The molecule has 2 aromatic rings. The number of aromatic nitrogens is 2. The number of ether oxygens (including phenoxy) is 1. The zero-order valence-electron chi connectivity index (χ0n) is 12.0. The molecule has 1 aromatic carbocycles. The van der Waals surface area contributed by atoms with Crippen LogP contribution >= 0.6 is 0 Å². The molecule has 1 saturated heterocycles. The van der Waals surface area contributed by atoms with E-state index in [-0.39, 0.29) is 12.5 Å². The molecule has 0 bridgehead atoms. The summed E-state index contributed by atoms with van der Waals surface area (Å²) in [6.07, 6.45) is -0.479. The summed E-state index contributed by atoms with van der Waals surface area (Å²) in [5, 5.41) is 6.67. The molecule has 0 aliphatic carbocycles. The van der Waals surface area contributed by atoms with E-state index in [1.807, 2.05) is 6.92 Å². The number of hydrogen-bond acceptors (Lipinski definition) is 3. The van der Waals surface area contributed by atoms with Gasteiger partial charge in [-0.25, -0.2) is 8.78 Å². The summed E-state index contributed by atoms with van der Waals surface area (Å²) in [4.78, 5) is 14.0. The molecule has 2 heterocycles. The highest BCUT2D eigenvalue weighted by molar-refractivity contribution is 5.92. The van der Waals surface area contributed by atoms with Crippen LogP contribution in [0.4, 0.5) is 8.78 Å². The molecular weight excluding hydrogens is 292 g/mol. The second-order valence-corrected chi connectivity index (χ2v) is 5.22. The predicted octanol–water partition coefficient (Wildman–Crippen LogP) is 2.21. The van der Waals surface area contributed by atoms with Gasteiger partial charge in [0.25, 0.3) is 5.91 Å². The first-order chi connectivity index (χ1) is 10.5. The summed E-state index contributed by atoms with van der Waals surface area (Å²) in [6, 6.07) is 5.30. The fraction of sp³-hybridized carbons (Fsp3) is 0.333. The van der Waals surface area contributed by atoms with E-state index in [1.54, 1.807) is 11.0 Å². The van der Waals surface area contributed by atoms with Crippen molar-refractivity contribution in [2.45, 2.75) is 13.0 Å². The van der Waals surface area contributed by atoms with Gasteiger partial charge in [0.2, 0.25) is 0 Å². The van der Waals surface area contributed by atoms with Crippen LogP contribution in [0.3, 0.4) is 0 Å². The Hall–Kier alpha value is -2.28. The van der Waals surface area contributed by atoms with Crippen molar-refractivity contribution in [1.29, 1.82) is 0 Å². The summed E-state index contributed by atoms with van der Waals surface area (Å²) in [6.45, 7) is 2.85. The molecule has 1 aliphatic rings. The van der Waals surface area contributed by atoms with Crippen molar-refractivity contribution >= 4 is 5.91 Å². The first-order valence-electron chi connectivity index (χ1n) is 6.92. The van der Waals surface area contributed by atoms with Gasteiger partial charge in [-0.1, -0.05) is 6.07 Å². The van der Waals surface area contributed by atoms with Gasteiger partial charge in [-0.3, -0.25) is 9.89 Å². The predicted molar refractivity (Wildman–Crippen MR) is 74.3 cm³/mol. The lowest BCUT2D eigenvalue weighted by Crippen LogP contribution is -2.42. The first kappa shape index (κ1) is 14.6. The maximum absolute atomic E-state index is 13.3. The van der Waals surface area contributed by atoms with Crippen molar-refractivity contribution in [3.8, 4) is 0 Å². The number of H-pyrrole nitrogens is 1. The van der Waals surface area contributed by atoms with E-state index in [1.165, 1.54) is 6.07 Å². The van der Waals surface area contributed by atoms with Gasteiger partial charge in [0, 0.05) is 12.2 Å². The highest BCUT2D eigenvalue weighted by atomic mass is 19.2. The third-order valence-electron chi connectivity index (χ3n) is 3.59. The molecule has 1 fully saturated rings. The molecular formula is C15H15F2N3O2. The summed E-state index contributed by atoms with van der Waals surface area (Å²) >= 11 is 0. The normalized spacial score (nSPS) is 18.5. The first-order valence-corrected chi connectivity index (χ1v) is 6.92. The van der Waals surface area contributed by atoms with E-state index in [2.05, 4.69) is 10.2 Å². The quantitative estimate of drug-likeness (QED) is 0.925. The van der Waals surface area contributed by atoms with E-state index in [0.29, 0.717) is 24.4 Å². The molecule has 116 valence electrons. The van der Waals surface area contributed by atoms with Crippen molar-refractivity contribution in [3.05, 3.63) is 52.9 Å². The van der Waals surface area contributed by atoms with Crippen LogP contribution in [-0.2, 0) is 4.74 Å². The standard InChI is InChI=1S/C15H15F2N3O2/c1-9-6-13(19-18-9)15(21)20-4-5-22-14(8-20)10-2-3-11(16)12(17)7-10/h2-3,6-7,14H,4-5,8H2,1H3,(H,18,19)/t14-/m1/s1. The van der Waals surface area contributed by atoms with Crippen LogP contribution in [0.5, 0.6) is 0 Å². The largest absolute Gasteiger partial charge is 0.370 e. The lowest BCUT2D eigenvalue weighted by atomic mass is 10.1. The molecule has 0 radical (unpaired) electrons. The smallest absolute Gasteiger partial charge is 0.274 e. The second-order valence-electron chi connectivity index (χ2n) is 5.22. The lowest BCUT2D eigenvalue weighted by Gasteiger charge is -2.32. The Morgan fingerprint density at radius 1 is 1.36 bits per heavy atom. The summed E-state index contributed by atoms with van der Waals surface area (Å²) < 4.78 is 31.9. The fourth-order valence-corrected chi connectivity index (χ4v) is 2.44. The van der Waals surface area contributed by atoms with Crippen molar-refractivity contribution in [3.63, 3.8) is 0 Å². The number of aryl methyl sites for hydroxylation is 1. The van der Waals surface area contributed by atoms with Gasteiger partial charge < -0.3 is 9.64 Å². The van der Waals surface area contributed by atoms with Crippen LogP contribution in [0.1, 0.15) is 27.8 Å². The Balaban J connectivity index is 1.76. The average molecular weight is 307 g/mol. The second kappa shape index (κ2) is 5.84. The maximum Gasteiger partial charge on any atom is 0.274 e. The molecule has 0 spiro atoms. The number of halogens is 2. The molecule has 1 N–H and O–H groups in total. The lowest BCUT2D eigenvalue weighted by molar-refractivity contribution is -0.0231. The summed E-state index contributed by atoms with van der Waals surface area (Å²) in [5.41, 5.74) is 1.65. The van der Waals surface area contributed by atoms with Crippen LogP contribution in [0.2, 0.25) is 0 Å². The van der Waals surface area contributed by atoms with Crippen molar-refractivity contribution in [2.24, 2.45) is 0 Å². The number of morpholine rings is 1. The van der Waals surface area contributed by atoms with Crippen molar-refractivity contribution in [2.75, 3.05) is 19.7 Å². The van der Waals surface area contributed by atoms with E-state index in [4.69, 9.17) is 4.74 Å². The van der Waals surface area contributed by atoms with Gasteiger partial charge >= 0.3 is 0 Å². The van der Waals surface area contributed by atoms with Gasteiger partial charge in [-0.15, -0.1) is 0 Å². The number of aromatic amines is 1.